The minimum Gasteiger partial charge on any atom is -0.494 e. The van der Waals surface area contributed by atoms with E-state index in [1.165, 1.54) is 24.3 Å². The zero-order valence-electron chi connectivity index (χ0n) is 15.1. The van der Waals surface area contributed by atoms with Gasteiger partial charge < -0.3 is 15.2 Å². The first kappa shape index (κ1) is 19.5. The average Bonchev–Trinajstić information content (AvgIpc) is 2.67. The maximum atomic E-state index is 14.9. The molecule has 0 aliphatic heterocycles. The number of rotatable bonds is 5. The summed E-state index contributed by atoms with van der Waals surface area (Å²) in [6.45, 7) is 4.03. The Morgan fingerprint density at radius 2 is 1.22 bits per heavy atom. The van der Waals surface area contributed by atoms with Crippen LogP contribution in [0.3, 0.4) is 0 Å². The first-order valence-electron chi connectivity index (χ1n) is 8.78. The largest absolute Gasteiger partial charge is 0.494 e. The summed E-state index contributed by atoms with van der Waals surface area (Å²) >= 11 is 0. The molecule has 1 aliphatic rings. The van der Waals surface area contributed by atoms with Gasteiger partial charge in [-0.1, -0.05) is 0 Å². The summed E-state index contributed by atoms with van der Waals surface area (Å²) in [6, 6.07) is 7.33. The monoisotopic (exact) mass is 383 g/mol. The first-order chi connectivity index (χ1) is 12.8. The van der Waals surface area contributed by atoms with Crippen molar-refractivity contribution < 1.29 is 27.0 Å². The molecule has 0 amide bonds. The molecule has 2 aromatic carbocycles. The topological polar surface area (TPSA) is 44.5 Å². The molecule has 1 aliphatic carbocycles. The fourth-order valence-corrected chi connectivity index (χ4v) is 3.50. The van der Waals surface area contributed by atoms with Crippen LogP contribution < -0.4 is 15.2 Å². The molecule has 0 radical (unpaired) electrons. The highest BCUT2D eigenvalue weighted by atomic mass is 19.3. The number of fused-ring (bicyclic) bond motifs is 2. The number of alkyl halides is 4. The van der Waals surface area contributed by atoms with E-state index in [9.17, 15) is 17.6 Å². The molecule has 0 fully saturated rings. The molecule has 0 spiro atoms. The van der Waals surface area contributed by atoms with Crippen molar-refractivity contribution in [1.29, 1.82) is 0 Å². The standard InChI is InChI=1S/C20H21F4NO2/c1-3-26-12-5-7-17-14(9-12)16(11-25)15-10-13(27-4-2)6-8-18(15)20(23,24)19(17,21)22/h5-10,16H,3-4,11,25H2,1-2H3. The molecule has 2 N–H and O–H groups in total. The van der Waals surface area contributed by atoms with Crippen LogP contribution in [0.5, 0.6) is 11.5 Å². The van der Waals surface area contributed by atoms with Crippen molar-refractivity contribution in [3.05, 3.63) is 58.7 Å². The molecule has 0 unspecified atom stereocenters. The van der Waals surface area contributed by atoms with E-state index in [0.717, 1.165) is 12.1 Å². The Morgan fingerprint density at radius 1 is 0.815 bits per heavy atom. The molecule has 0 bridgehead atoms. The van der Waals surface area contributed by atoms with Gasteiger partial charge in [0.2, 0.25) is 0 Å². The lowest BCUT2D eigenvalue weighted by Crippen LogP contribution is -2.35. The summed E-state index contributed by atoms with van der Waals surface area (Å²) in [6.07, 6.45) is 0. The van der Waals surface area contributed by atoms with Crippen molar-refractivity contribution in [2.24, 2.45) is 5.73 Å². The van der Waals surface area contributed by atoms with Gasteiger partial charge >= 0.3 is 11.8 Å². The third kappa shape index (κ3) is 3.04. The van der Waals surface area contributed by atoms with Gasteiger partial charge in [0.15, 0.2) is 0 Å². The van der Waals surface area contributed by atoms with Gasteiger partial charge in [-0.3, -0.25) is 0 Å². The Labute approximate surface area is 155 Å². The summed E-state index contributed by atoms with van der Waals surface area (Å²) in [4.78, 5) is 0. The summed E-state index contributed by atoms with van der Waals surface area (Å²) in [7, 11) is 0. The van der Waals surface area contributed by atoms with Gasteiger partial charge in [-0.25, -0.2) is 0 Å². The minimum atomic E-state index is -4.39. The number of hydrogen-bond donors (Lipinski definition) is 1. The van der Waals surface area contributed by atoms with Gasteiger partial charge in [-0.15, -0.1) is 0 Å². The Morgan fingerprint density at radius 3 is 1.56 bits per heavy atom. The Bertz CT molecular complexity index is 771. The molecule has 2 aromatic rings. The molecule has 0 saturated heterocycles. The number of halogens is 4. The van der Waals surface area contributed by atoms with Crippen molar-refractivity contribution in [3.63, 3.8) is 0 Å². The SMILES string of the molecule is CCOc1ccc2c(c1)C(CN)c1cc(OCC)ccc1C(F)(F)C2(F)F. The quantitative estimate of drug-likeness (QED) is 0.757. The molecule has 3 nitrogen and oxygen atoms in total. The van der Waals surface area contributed by atoms with Crippen LogP contribution in [0.2, 0.25) is 0 Å². The van der Waals surface area contributed by atoms with Crippen LogP contribution in [0.1, 0.15) is 42.0 Å². The zero-order chi connectivity index (χ0) is 19.8. The Hall–Kier alpha value is -2.28. The van der Waals surface area contributed by atoms with Crippen LogP contribution in [-0.2, 0) is 11.8 Å². The van der Waals surface area contributed by atoms with Crippen molar-refractivity contribution in [2.45, 2.75) is 31.6 Å². The van der Waals surface area contributed by atoms with E-state index in [1.807, 2.05) is 0 Å². The lowest BCUT2D eigenvalue weighted by Gasteiger charge is -2.27. The number of hydrogen-bond acceptors (Lipinski definition) is 3. The number of ether oxygens (including phenoxy) is 2. The van der Waals surface area contributed by atoms with Crippen LogP contribution in [0, 0.1) is 0 Å². The van der Waals surface area contributed by atoms with Crippen molar-refractivity contribution in [3.8, 4) is 11.5 Å². The highest BCUT2D eigenvalue weighted by Gasteiger charge is 2.62. The molecule has 0 saturated carbocycles. The average molecular weight is 383 g/mol. The second kappa shape index (κ2) is 7.03. The summed E-state index contributed by atoms with van der Waals surface area (Å²) < 4.78 is 70.5. The van der Waals surface area contributed by atoms with Gasteiger partial charge in [0, 0.05) is 23.6 Å². The number of benzene rings is 2. The van der Waals surface area contributed by atoms with Crippen LogP contribution in [0.15, 0.2) is 36.4 Å². The molecule has 0 atom stereocenters. The molecular weight excluding hydrogens is 362 g/mol. The minimum absolute atomic E-state index is 0.0422. The highest BCUT2D eigenvalue weighted by molar-refractivity contribution is 5.54. The maximum Gasteiger partial charge on any atom is 0.340 e. The van der Waals surface area contributed by atoms with E-state index in [2.05, 4.69) is 0 Å². The Kier molecular flexibility index (Phi) is 5.08. The van der Waals surface area contributed by atoms with E-state index < -0.39 is 28.9 Å². The smallest absolute Gasteiger partial charge is 0.340 e. The fraction of sp³-hybridized carbons (Fsp3) is 0.400. The van der Waals surface area contributed by atoms with Crippen LogP contribution in [0.25, 0.3) is 0 Å². The van der Waals surface area contributed by atoms with Gasteiger partial charge in [0.1, 0.15) is 11.5 Å². The first-order valence-corrected chi connectivity index (χ1v) is 8.78. The van der Waals surface area contributed by atoms with Crippen molar-refractivity contribution >= 4 is 0 Å². The normalized spacial score (nSPS) is 17.6. The molecule has 7 heteroatoms. The molecule has 27 heavy (non-hydrogen) atoms. The lowest BCUT2D eigenvalue weighted by atomic mass is 9.87. The zero-order valence-corrected chi connectivity index (χ0v) is 15.1. The predicted molar refractivity (Wildman–Crippen MR) is 93.9 cm³/mol. The van der Waals surface area contributed by atoms with Crippen molar-refractivity contribution in [2.75, 3.05) is 19.8 Å². The number of nitrogens with two attached hydrogens (primary N) is 1. The van der Waals surface area contributed by atoms with Crippen LogP contribution in [-0.4, -0.2) is 19.8 Å². The second-order valence-electron chi connectivity index (χ2n) is 6.30. The van der Waals surface area contributed by atoms with E-state index in [1.54, 1.807) is 13.8 Å². The molecule has 3 rings (SSSR count). The molecule has 0 heterocycles. The summed E-state index contributed by atoms with van der Waals surface area (Å²) in [5.41, 5.74) is 4.47. The predicted octanol–water partition coefficient (Wildman–Crippen LogP) is 4.77. The summed E-state index contributed by atoms with van der Waals surface area (Å²) in [5, 5.41) is 0. The third-order valence-corrected chi connectivity index (χ3v) is 4.73. The Balaban J connectivity index is 2.32. The van der Waals surface area contributed by atoms with Crippen LogP contribution in [0.4, 0.5) is 17.6 Å². The van der Waals surface area contributed by atoms with E-state index in [4.69, 9.17) is 15.2 Å². The van der Waals surface area contributed by atoms with Gasteiger partial charge in [-0.05, 0) is 61.4 Å². The molecule has 146 valence electrons. The van der Waals surface area contributed by atoms with Crippen molar-refractivity contribution in [1.82, 2.24) is 0 Å². The van der Waals surface area contributed by atoms with Gasteiger partial charge in [-0.2, -0.15) is 17.6 Å². The third-order valence-electron chi connectivity index (χ3n) is 4.73. The fourth-order valence-electron chi connectivity index (χ4n) is 3.50. The van der Waals surface area contributed by atoms with Gasteiger partial charge in [0.25, 0.3) is 0 Å². The molecular formula is C20H21F4NO2. The van der Waals surface area contributed by atoms with Crippen LogP contribution >= 0.6 is 0 Å². The van der Waals surface area contributed by atoms with E-state index in [0.29, 0.717) is 24.7 Å². The van der Waals surface area contributed by atoms with Gasteiger partial charge in [0.05, 0.1) is 13.2 Å². The maximum absolute atomic E-state index is 14.9. The van der Waals surface area contributed by atoms with E-state index in [-0.39, 0.29) is 17.7 Å². The lowest BCUT2D eigenvalue weighted by molar-refractivity contribution is -0.223. The highest BCUT2D eigenvalue weighted by Crippen LogP contribution is 2.56. The second-order valence-corrected chi connectivity index (χ2v) is 6.30. The molecule has 0 aromatic heterocycles. The van der Waals surface area contributed by atoms with E-state index >= 15 is 0 Å². The summed E-state index contributed by atoms with van der Waals surface area (Å²) in [5.74, 6) is -8.95.